The fraction of sp³-hybridized carbons (Fsp3) is 0.500. The third-order valence-corrected chi connectivity index (χ3v) is 6.05. The Kier molecular flexibility index (Phi) is 8.21. The molecule has 3 N–H and O–H groups in total. The Balaban J connectivity index is 1.49. The van der Waals surface area contributed by atoms with Crippen LogP contribution in [0.5, 0.6) is 0 Å². The minimum Gasteiger partial charge on any atom is -0.388 e. The number of hydrogen-bond donors (Lipinski definition) is 3. The van der Waals surface area contributed by atoms with Gasteiger partial charge in [0.1, 0.15) is 5.82 Å². The van der Waals surface area contributed by atoms with E-state index in [0.29, 0.717) is 51.3 Å². The van der Waals surface area contributed by atoms with Gasteiger partial charge in [0.25, 0.3) is 5.56 Å². The lowest BCUT2D eigenvalue weighted by atomic mass is 9.90. The molecule has 1 aromatic heterocycles. The number of hydrogen-bond acceptors (Lipinski definition) is 6. The van der Waals surface area contributed by atoms with Crippen molar-refractivity contribution in [1.29, 1.82) is 0 Å². The standard InChI is InChI=1S/C24H33N5O4/c1-18(20-6-4-3-5-7-20)14-22(31)28-12-8-24(33,9-13-28)16-29-17-27-21(15-23(29)32)26-11-10-25-19(2)30/h3-7,15,17-18,26,33H,8-14,16H2,1-2H3,(H,25,30). The van der Waals surface area contributed by atoms with Crippen LogP contribution in [0.15, 0.2) is 47.5 Å². The van der Waals surface area contributed by atoms with Crippen LogP contribution in [0, 0.1) is 0 Å². The minimum absolute atomic E-state index is 0.0851. The summed E-state index contributed by atoms with van der Waals surface area (Å²) in [4.78, 5) is 42.1. The van der Waals surface area contributed by atoms with E-state index >= 15 is 0 Å². The van der Waals surface area contributed by atoms with E-state index in [1.807, 2.05) is 37.3 Å². The van der Waals surface area contributed by atoms with Gasteiger partial charge >= 0.3 is 0 Å². The fourth-order valence-corrected chi connectivity index (χ4v) is 4.01. The zero-order valence-electron chi connectivity index (χ0n) is 19.3. The van der Waals surface area contributed by atoms with Crippen LogP contribution in [0.3, 0.4) is 0 Å². The highest BCUT2D eigenvalue weighted by Gasteiger charge is 2.34. The third-order valence-electron chi connectivity index (χ3n) is 6.05. The molecular formula is C24H33N5O4. The predicted molar refractivity (Wildman–Crippen MR) is 126 cm³/mol. The molecule has 0 radical (unpaired) electrons. The van der Waals surface area contributed by atoms with Crippen LogP contribution < -0.4 is 16.2 Å². The average Bonchev–Trinajstić information content (AvgIpc) is 2.79. The minimum atomic E-state index is -1.06. The lowest BCUT2D eigenvalue weighted by Crippen LogP contribution is -2.49. The van der Waals surface area contributed by atoms with E-state index in [2.05, 4.69) is 15.6 Å². The van der Waals surface area contributed by atoms with E-state index in [4.69, 9.17) is 0 Å². The summed E-state index contributed by atoms with van der Waals surface area (Å²) >= 11 is 0. The van der Waals surface area contributed by atoms with Crippen molar-refractivity contribution >= 4 is 17.6 Å². The second kappa shape index (κ2) is 11.1. The summed E-state index contributed by atoms with van der Waals surface area (Å²) < 4.78 is 1.40. The number of nitrogens with zero attached hydrogens (tertiary/aromatic N) is 3. The van der Waals surface area contributed by atoms with Crippen LogP contribution >= 0.6 is 0 Å². The van der Waals surface area contributed by atoms with Gasteiger partial charge in [0.2, 0.25) is 11.8 Å². The number of amides is 2. The number of piperidine rings is 1. The second-order valence-electron chi connectivity index (χ2n) is 8.77. The molecule has 1 fully saturated rings. The first-order valence-electron chi connectivity index (χ1n) is 11.4. The Hall–Kier alpha value is -3.20. The van der Waals surface area contributed by atoms with Crippen LogP contribution in [0.1, 0.15) is 44.6 Å². The molecule has 1 unspecified atom stereocenters. The van der Waals surface area contributed by atoms with Crippen LogP contribution in [0.25, 0.3) is 0 Å². The molecule has 9 nitrogen and oxygen atoms in total. The highest BCUT2D eigenvalue weighted by Crippen LogP contribution is 2.26. The first-order chi connectivity index (χ1) is 15.8. The predicted octanol–water partition coefficient (Wildman–Crippen LogP) is 1.34. The summed E-state index contributed by atoms with van der Waals surface area (Å²) in [6.07, 6.45) is 2.66. The second-order valence-corrected chi connectivity index (χ2v) is 8.77. The highest BCUT2D eigenvalue weighted by molar-refractivity contribution is 5.77. The summed E-state index contributed by atoms with van der Waals surface area (Å²) in [5.74, 6) is 0.518. The first-order valence-corrected chi connectivity index (χ1v) is 11.4. The largest absolute Gasteiger partial charge is 0.388 e. The summed E-state index contributed by atoms with van der Waals surface area (Å²) in [5, 5.41) is 16.7. The van der Waals surface area contributed by atoms with Crippen LogP contribution in [-0.2, 0) is 16.1 Å². The van der Waals surface area contributed by atoms with Gasteiger partial charge in [-0.05, 0) is 24.3 Å². The Morgan fingerprint density at radius 2 is 1.88 bits per heavy atom. The lowest BCUT2D eigenvalue weighted by molar-refractivity contribution is -0.136. The topological polar surface area (TPSA) is 117 Å². The molecular weight excluding hydrogens is 422 g/mol. The Morgan fingerprint density at radius 3 is 2.52 bits per heavy atom. The Bertz CT molecular complexity index is 999. The molecule has 2 amide bonds. The fourth-order valence-electron chi connectivity index (χ4n) is 4.01. The van der Waals surface area contributed by atoms with Gasteiger partial charge in [-0.2, -0.15) is 0 Å². The molecule has 33 heavy (non-hydrogen) atoms. The number of nitrogens with one attached hydrogen (secondary N) is 2. The van der Waals surface area contributed by atoms with Crippen molar-refractivity contribution in [3.8, 4) is 0 Å². The molecule has 2 heterocycles. The van der Waals surface area contributed by atoms with E-state index in [9.17, 15) is 19.5 Å². The monoisotopic (exact) mass is 455 g/mol. The van der Waals surface area contributed by atoms with E-state index in [1.54, 1.807) is 4.90 Å². The number of carbonyl (C=O) groups excluding carboxylic acids is 2. The summed E-state index contributed by atoms with van der Waals surface area (Å²) in [6, 6.07) is 11.3. The quantitative estimate of drug-likeness (QED) is 0.492. The van der Waals surface area contributed by atoms with Gasteiger partial charge in [-0.3, -0.25) is 19.0 Å². The number of benzene rings is 1. The van der Waals surface area contributed by atoms with E-state index in [-0.39, 0.29) is 29.8 Å². The van der Waals surface area contributed by atoms with Crippen LogP contribution in [0.2, 0.25) is 0 Å². The molecule has 0 saturated carbocycles. The van der Waals surface area contributed by atoms with Gasteiger partial charge in [0.05, 0.1) is 18.5 Å². The van der Waals surface area contributed by atoms with Gasteiger partial charge in [-0.15, -0.1) is 0 Å². The van der Waals surface area contributed by atoms with Crippen LogP contribution in [0.4, 0.5) is 5.82 Å². The Labute approximate surface area is 193 Å². The van der Waals surface area contributed by atoms with Crippen molar-refractivity contribution < 1.29 is 14.7 Å². The van der Waals surface area contributed by atoms with Gasteiger partial charge in [-0.1, -0.05) is 37.3 Å². The highest BCUT2D eigenvalue weighted by atomic mass is 16.3. The average molecular weight is 456 g/mol. The molecule has 1 aromatic carbocycles. The molecule has 3 rings (SSSR count). The van der Waals surface area contributed by atoms with Gasteiger partial charge < -0.3 is 20.6 Å². The first kappa shape index (κ1) is 24.4. The van der Waals surface area contributed by atoms with Gasteiger partial charge in [0.15, 0.2) is 0 Å². The molecule has 1 aliphatic rings. The van der Waals surface area contributed by atoms with Crippen molar-refractivity contribution in [2.45, 2.75) is 51.2 Å². The summed E-state index contributed by atoms with van der Waals surface area (Å²) in [5.41, 5.74) is -0.192. The maximum atomic E-state index is 12.7. The molecule has 1 aliphatic heterocycles. The molecule has 9 heteroatoms. The van der Waals surface area contributed by atoms with Crippen molar-refractivity contribution in [3.05, 3.63) is 58.6 Å². The van der Waals surface area contributed by atoms with Gasteiger partial charge in [-0.25, -0.2) is 4.98 Å². The lowest BCUT2D eigenvalue weighted by Gasteiger charge is -2.38. The number of rotatable bonds is 9. The maximum Gasteiger partial charge on any atom is 0.255 e. The number of anilines is 1. The molecule has 1 saturated heterocycles. The number of carbonyl (C=O) groups is 2. The number of aliphatic hydroxyl groups is 1. The SMILES string of the molecule is CC(=O)NCCNc1cc(=O)n(CC2(O)CCN(C(=O)CC(C)c3ccccc3)CC2)cn1. The summed E-state index contributed by atoms with van der Waals surface area (Å²) in [6.45, 7) is 5.42. The molecule has 0 bridgehead atoms. The van der Waals surface area contributed by atoms with Crippen LogP contribution in [-0.4, -0.2) is 63.2 Å². The van der Waals surface area contributed by atoms with Gasteiger partial charge in [0, 0.05) is 45.6 Å². The van der Waals surface area contributed by atoms with E-state index in [0.717, 1.165) is 5.56 Å². The zero-order valence-corrected chi connectivity index (χ0v) is 19.3. The van der Waals surface area contributed by atoms with Crippen molar-refractivity contribution in [2.24, 2.45) is 0 Å². The van der Waals surface area contributed by atoms with E-state index in [1.165, 1.54) is 23.9 Å². The number of aromatic nitrogens is 2. The van der Waals surface area contributed by atoms with Crippen molar-refractivity contribution in [3.63, 3.8) is 0 Å². The van der Waals surface area contributed by atoms with Crippen molar-refractivity contribution in [1.82, 2.24) is 19.8 Å². The molecule has 178 valence electrons. The Morgan fingerprint density at radius 1 is 1.18 bits per heavy atom. The third kappa shape index (κ3) is 7.15. The summed E-state index contributed by atoms with van der Waals surface area (Å²) in [7, 11) is 0. The smallest absolute Gasteiger partial charge is 0.255 e. The molecule has 0 aliphatic carbocycles. The maximum absolute atomic E-state index is 12.7. The van der Waals surface area contributed by atoms with Crippen molar-refractivity contribution in [2.75, 3.05) is 31.5 Å². The zero-order chi connectivity index (χ0) is 23.8. The number of likely N-dealkylation sites (tertiary alicyclic amines) is 1. The molecule has 0 spiro atoms. The van der Waals surface area contributed by atoms with E-state index < -0.39 is 5.60 Å². The molecule has 1 atom stereocenters. The normalized spacial score (nSPS) is 16.2. The molecule has 2 aromatic rings.